The molecular weight excluding hydrogens is 267 g/mol. The molecule has 0 fully saturated rings. The maximum absolute atomic E-state index is 10.7. The van der Waals surface area contributed by atoms with Crippen LogP contribution < -0.4 is 0 Å². The molecule has 1 aromatic rings. The largest absolute Gasteiger partial charge is 0.506 e. The van der Waals surface area contributed by atoms with E-state index in [1.165, 1.54) is 12.1 Å². The highest BCUT2D eigenvalue weighted by atomic mass is 79.9. The molecule has 12 heavy (non-hydrogen) atoms. The van der Waals surface area contributed by atoms with Crippen molar-refractivity contribution in [3.63, 3.8) is 0 Å². The average Bonchev–Trinajstić information content (AvgIpc) is 1.96. The zero-order chi connectivity index (χ0) is 9.30. The molecule has 0 aromatic heterocycles. The van der Waals surface area contributed by atoms with Crippen molar-refractivity contribution in [3.05, 3.63) is 27.2 Å². The first-order valence-electron chi connectivity index (χ1n) is 2.90. The van der Waals surface area contributed by atoms with Gasteiger partial charge in [0, 0.05) is 5.02 Å². The molecule has 0 aliphatic carbocycles. The Labute approximate surface area is 87.2 Å². The number of carbonyl (C=O) groups excluding carboxylic acids is 1. The summed E-state index contributed by atoms with van der Waals surface area (Å²) in [6.07, 6.45) is 0. The van der Waals surface area contributed by atoms with Crippen LogP contribution in [0.3, 0.4) is 0 Å². The van der Waals surface area contributed by atoms with Gasteiger partial charge in [-0.25, -0.2) is 0 Å². The summed E-state index contributed by atoms with van der Waals surface area (Å²) in [6.45, 7) is 0. The van der Waals surface area contributed by atoms with Gasteiger partial charge in [-0.2, -0.15) is 0 Å². The van der Waals surface area contributed by atoms with Gasteiger partial charge in [-0.1, -0.05) is 11.6 Å². The molecule has 0 radical (unpaired) electrons. The number of benzene rings is 1. The van der Waals surface area contributed by atoms with E-state index in [0.29, 0.717) is 9.50 Å². The summed E-state index contributed by atoms with van der Waals surface area (Å²) in [5.74, 6) is -0.195. The second kappa shape index (κ2) is 3.64. The molecule has 0 bridgehead atoms. The fraction of sp³-hybridized carbons (Fsp3) is 0. The number of phenolic OH excluding ortho intramolecular Hbond substituents is 1. The molecule has 0 heterocycles. The van der Waals surface area contributed by atoms with Gasteiger partial charge in [0.1, 0.15) is 5.75 Å². The lowest BCUT2D eigenvalue weighted by Crippen LogP contribution is -1.89. The van der Waals surface area contributed by atoms with Crippen molar-refractivity contribution in [1.29, 1.82) is 0 Å². The Morgan fingerprint density at radius 3 is 2.58 bits per heavy atom. The number of halogens is 3. The molecular formula is C7H3BrCl2O2. The van der Waals surface area contributed by atoms with Crippen LogP contribution in [0.4, 0.5) is 0 Å². The van der Waals surface area contributed by atoms with E-state index in [0.717, 1.165) is 0 Å². The maximum Gasteiger partial charge on any atom is 0.256 e. The van der Waals surface area contributed by atoms with Gasteiger partial charge in [-0.3, -0.25) is 4.79 Å². The molecule has 1 rings (SSSR count). The SMILES string of the molecule is O=C(Cl)c1cc(Cl)cc(Br)c1O. The van der Waals surface area contributed by atoms with Gasteiger partial charge in [0.05, 0.1) is 10.0 Å². The first-order valence-corrected chi connectivity index (χ1v) is 4.45. The van der Waals surface area contributed by atoms with Crippen molar-refractivity contribution in [2.24, 2.45) is 0 Å². The van der Waals surface area contributed by atoms with Gasteiger partial charge in [0.25, 0.3) is 5.24 Å². The molecule has 1 aromatic carbocycles. The summed E-state index contributed by atoms with van der Waals surface area (Å²) < 4.78 is 0.346. The average molecular weight is 270 g/mol. The quantitative estimate of drug-likeness (QED) is 0.795. The lowest BCUT2D eigenvalue weighted by molar-refractivity contribution is 0.107. The Bertz CT molecular complexity index is 338. The summed E-state index contributed by atoms with van der Waals surface area (Å²) in [5, 5.41) is 8.88. The van der Waals surface area contributed by atoms with Gasteiger partial charge in [-0.05, 0) is 39.7 Å². The highest BCUT2D eigenvalue weighted by Crippen LogP contribution is 2.32. The summed E-state index contributed by atoms with van der Waals surface area (Å²) in [4.78, 5) is 10.7. The highest BCUT2D eigenvalue weighted by molar-refractivity contribution is 9.10. The summed E-state index contributed by atoms with van der Waals surface area (Å²) in [5.41, 5.74) is -0.00367. The van der Waals surface area contributed by atoms with Gasteiger partial charge in [0.15, 0.2) is 0 Å². The molecule has 0 aliphatic rings. The van der Waals surface area contributed by atoms with Crippen molar-refractivity contribution in [2.45, 2.75) is 0 Å². The third kappa shape index (κ3) is 1.91. The molecule has 0 saturated heterocycles. The van der Waals surface area contributed by atoms with Gasteiger partial charge in [-0.15, -0.1) is 0 Å². The van der Waals surface area contributed by atoms with Gasteiger partial charge >= 0.3 is 0 Å². The minimum Gasteiger partial charge on any atom is -0.506 e. The van der Waals surface area contributed by atoms with E-state index in [4.69, 9.17) is 23.2 Å². The normalized spacial score (nSPS) is 9.92. The third-order valence-corrected chi connectivity index (χ3v) is 2.27. The Morgan fingerprint density at radius 2 is 2.08 bits per heavy atom. The number of phenols is 1. The molecule has 0 amide bonds. The summed E-state index contributed by atoms with van der Waals surface area (Å²) in [6, 6.07) is 2.78. The Hall–Kier alpha value is -0.250. The van der Waals surface area contributed by atoms with Crippen LogP contribution in [0.25, 0.3) is 0 Å². The van der Waals surface area contributed by atoms with Crippen LogP contribution in [-0.2, 0) is 0 Å². The van der Waals surface area contributed by atoms with Crippen molar-refractivity contribution in [2.75, 3.05) is 0 Å². The standard InChI is InChI=1S/C7H3BrCl2O2/c8-5-2-3(9)1-4(6(5)11)7(10)12/h1-2,11H. The van der Waals surface area contributed by atoms with Crippen LogP contribution in [0.15, 0.2) is 16.6 Å². The van der Waals surface area contributed by atoms with E-state index in [1.54, 1.807) is 0 Å². The topological polar surface area (TPSA) is 37.3 Å². The number of hydrogen-bond donors (Lipinski definition) is 1. The van der Waals surface area contributed by atoms with Crippen LogP contribution in [0.5, 0.6) is 5.75 Å². The van der Waals surface area contributed by atoms with Gasteiger partial charge in [0.2, 0.25) is 0 Å². The van der Waals surface area contributed by atoms with Crippen LogP contribution in [0.2, 0.25) is 5.02 Å². The molecule has 0 saturated carbocycles. The van der Waals surface area contributed by atoms with E-state index in [1.807, 2.05) is 0 Å². The smallest absolute Gasteiger partial charge is 0.256 e. The summed E-state index contributed by atoms with van der Waals surface area (Å²) >= 11 is 13.8. The fourth-order valence-corrected chi connectivity index (χ4v) is 1.67. The number of aromatic hydroxyl groups is 1. The number of carbonyl (C=O) groups is 1. The maximum atomic E-state index is 10.7. The lowest BCUT2D eigenvalue weighted by atomic mass is 10.2. The minimum atomic E-state index is -0.740. The zero-order valence-electron chi connectivity index (χ0n) is 5.64. The molecule has 1 N–H and O–H groups in total. The van der Waals surface area contributed by atoms with Crippen molar-refractivity contribution in [3.8, 4) is 5.75 Å². The first kappa shape index (κ1) is 9.84. The molecule has 0 unspecified atom stereocenters. The minimum absolute atomic E-state index is 0.00367. The van der Waals surface area contributed by atoms with E-state index in [9.17, 15) is 9.90 Å². The summed E-state index contributed by atoms with van der Waals surface area (Å²) in [7, 11) is 0. The van der Waals surface area contributed by atoms with Crippen molar-refractivity contribution >= 4 is 44.4 Å². The fourth-order valence-electron chi connectivity index (χ4n) is 0.716. The number of rotatable bonds is 1. The Balaban J connectivity index is 3.37. The van der Waals surface area contributed by atoms with Gasteiger partial charge < -0.3 is 5.11 Å². The van der Waals surface area contributed by atoms with Crippen LogP contribution in [-0.4, -0.2) is 10.3 Å². The van der Waals surface area contributed by atoms with E-state index in [2.05, 4.69) is 15.9 Å². The van der Waals surface area contributed by atoms with Crippen LogP contribution in [0, 0.1) is 0 Å². The van der Waals surface area contributed by atoms with E-state index in [-0.39, 0.29) is 11.3 Å². The molecule has 64 valence electrons. The van der Waals surface area contributed by atoms with Crippen LogP contribution >= 0.6 is 39.1 Å². The van der Waals surface area contributed by atoms with E-state index >= 15 is 0 Å². The van der Waals surface area contributed by atoms with Crippen molar-refractivity contribution < 1.29 is 9.90 Å². The highest BCUT2D eigenvalue weighted by Gasteiger charge is 2.12. The molecule has 5 heteroatoms. The molecule has 0 aliphatic heterocycles. The van der Waals surface area contributed by atoms with Crippen molar-refractivity contribution in [1.82, 2.24) is 0 Å². The van der Waals surface area contributed by atoms with Crippen LogP contribution in [0.1, 0.15) is 10.4 Å². The lowest BCUT2D eigenvalue weighted by Gasteiger charge is -2.01. The van der Waals surface area contributed by atoms with E-state index < -0.39 is 5.24 Å². The zero-order valence-corrected chi connectivity index (χ0v) is 8.74. The Morgan fingerprint density at radius 1 is 1.50 bits per heavy atom. The second-order valence-electron chi connectivity index (χ2n) is 2.06. The first-order chi connectivity index (χ1) is 5.52. The third-order valence-electron chi connectivity index (χ3n) is 1.24. The molecule has 0 spiro atoms. The monoisotopic (exact) mass is 268 g/mol. The second-order valence-corrected chi connectivity index (χ2v) is 3.69. The predicted molar refractivity (Wildman–Crippen MR) is 51.0 cm³/mol. The molecule has 2 nitrogen and oxygen atoms in total. The predicted octanol–water partition coefficient (Wildman–Crippen LogP) is 3.19. The molecule has 0 atom stereocenters. The number of hydrogen-bond acceptors (Lipinski definition) is 2. The Kier molecular flexibility index (Phi) is 2.99.